The predicted octanol–water partition coefficient (Wildman–Crippen LogP) is 1.79. The summed E-state index contributed by atoms with van der Waals surface area (Å²) in [5, 5.41) is 0.456. The average Bonchev–Trinajstić information content (AvgIpc) is 2.70. The van der Waals surface area contributed by atoms with Gasteiger partial charge in [0.25, 0.3) is 5.91 Å². The summed E-state index contributed by atoms with van der Waals surface area (Å²) in [6.07, 6.45) is 0. The number of benzene rings is 2. The molecule has 27 heavy (non-hydrogen) atoms. The van der Waals surface area contributed by atoms with Gasteiger partial charge >= 0.3 is 0 Å². The number of nitrogens with one attached hydrogen (secondary N) is 1. The van der Waals surface area contributed by atoms with Crippen molar-refractivity contribution in [2.45, 2.75) is 6.54 Å². The SMILES string of the molecule is O=C(c1ccc2c(c1)OCCO2)N1CC[NH+](Cc2ccc(F)cc2Cl)CC1. The van der Waals surface area contributed by atoms with E-state index in [2.05, 4.69) is 0 Å². The van der Waals surface area contributed by atoms with E-state index in [1.54, 1.807) is 24.3 Å². The number of ether oxygens (including phenoxy) is 2. The van der Waals surface area contributed by atoms with Gasteiger partial charge in [0.05, 0.1) is 31.2 Å². The molecule has 0 aromatic heterocycles. The Balaban J connectivity index is 1.36. The Kier molecular flexibility index (Phi) is 5.18. The summed E-state index contributed by atoms with van der Waals surface area (Å²) >= 11 is 6.13. The first kappa shape index (κ1) is 18.1. The Morgan fingerprint density at radius 1 is 1.07 bits per heavy atom. The summed E-state index contributed by atoms with van der Waals surface area (Å²) in [4.78, 5) is 16.0. The number of fused-ring (bicyclic) bond motifs is 1. The molecule has 0 spiro atoms. The van der Waals surface area contributed by atoms with Crippen LogP contribution in [0.5, 0.6) is 11.5 Å². The Morgan fingerprint density at radius 2 is 1.81 bits per heavy atom. The topological polar surface area (TPSA) is 43.2 Å². The summed E-state index contributed by atoms with van der Waals surface area (Å²) in [5.41, 5.74) is 1.55. The Morgan fingerprint density at radius 3 is 2.56 bits per heavy atom. The number of nitrogens with zero attached hydrogens (tertiary/aromatic N) is 1. The zero-order valence-corrected chi connectivity index (χ0v) is 15.6. The van der Waals surface area contributed by atoms with Crippen molar-refractivity contribution in [3.63, 3.8) is 0 Å². The first-order valence-electron chi connectivity index (χ1n) is 9.06. The molecule has 142 valence electrons. The fraction of sp³-hybridized carbons (Fsp3) is 0.350. The molecule has 0 saturated carbocycles. The maximum Gasteiger partial charge on any atom is 0.254 e. The molecule has 2 aromatic rings. The van der Waals surface area contributed by atoms with Crippen LogP contribution in [-0.2, 0) is 6.54 Å². The van der Waals surface area contributed by atoms with Gasteiger partial charge in [0, 0.05) is 11.1 Å². The zero-order valence-electron chi connectivity index (χ0n) is 14.8. The molecule has 1 saturated heterocycles. The number of carbonyl (C=O) groups excluding carboxylic acids is 1. The largest absolute Gasteiger partial charge is 0.486 e. The Bertz CT molecular complexity index is 853. The van der Waals surface area contributed by atoms with Crippen LogP contribution in [-0.4, -0.2) is 50.2 Å². The summed E-state index contributed by atoms with van der Waals surface area (Å²) in [6, 6.07) is 9.85. The molecule has 4 rings (SSSR count). The first-order chi connectivity index (χ1) is 13.1. The van der Waals surface area contributed by atoms with Gasteiger partial charge in [-0.1, -0.05) is 11.6 Å². The van der Waals surface area contributed by atoms with Crippen molar-refractivity contribution < 1.29 is 23.6 Å². The number of quaternary nitrogens is 1. The van der Waals surface area contributed by atoms with Crippen LogP contribution in [0.15, 0.2) is 36.4 Å². The molecule has 5 nitrogen and oxygen atoms in total. The van der Waals surface area contributed by atoms with Gasteiger partial charge in [0.2, 0.25) is 0 Å². The second-order valence-electron chi connectivity index (χ2n) is 6.81. The molecular weight excluding hydrogens is 371 g/mol. The quantitative estimate of drug-likeness (QED) is 0.867. The molecule has 0 unspecified atom stereocenters. The van der Waals surface area contributed by atoms with E-state index in [0.717, 1.165) is 25.2 Å². The molecule has 2 aliphatic rings. The third-order valence-corrected chi connectivity index (χ3v) is 5.35. The first-order valence-corrected chi connectivity index (χ1v) is 9.44. The second-order valence-corrected chi connectivity index (χ2v) is 7.22. The van der Waals surface area contributed by atoms with Gasteiger partial charge in [-0.25, -0.2) is 4.39 Å². The summed E-state index contributed by atoms with van der Waals surface area (Å²) in [7, 11) is 0. The van der Waals surface area contributed by atoms with Gasteiger partial charge in [-0.2, -0.15) is 0 Å². The van der Waals surface area contributed by atoms with Gasteiger partial charge in [0.15, 0.2) is 11.5 Å². The minimum atomic E-state index is -0.325. The molecule has 1 N–H and O–H groups in total. The lowest BCUT2D eigenvalue weighted by atomic mass is 10.1. The van der Waals surface area contributed by atoms with E-state index in [1.807, 2.05) is 4.90 Å². The molecule has 2 aliphatic heterocycles. The van der Waals surface area contributed by atoms with Crippen LogP contribution in [0.3, 0.4) is 0 Å². The van der Waals surface area contributed by atoms with Crippen molar-refractivity contribution in [2.24, 2.45) is 0 Å². The minimum Gasteiger partial charge on any atom is -0.486 e. The van der Waals surface area contributed by atoms with Crippen molar-refractivity contribution in [1.29, 1.82) is 0 Å². The van der Waals surface area contributed by atoms with E-state index in [9.17, 15) is 9.18 Å². The molecular formula is C20H21ClFN2O3+. The fourth-order valence-electron chi connectivity index (χ4n) is 3.50. The molecule has 7 heteroatoms. The standard InChI is InChI=1S/C20H20ClFN2O3/c21-17-12-16(22)3-1-15(17)13-23-5-7-24(8-6-23)20(25)14-2-4-18-19(11-14)27-10-9-26-18/h1-4,11-12H,5-10,13H2/p+1. The van der Waals surface area contributed by atoms with E-state index in [0.29, 0.717) is 48.4 Å². The van der Waals surface area contributed by atoms with Crippen molar-refractivity contribution in [3.8, 4) is 11.5 Å². The van der Waals surface area contributed by atoms with Crippen LogP contribution in [0.2, 0.25) is 5.02 Å². The lowest BCUT2D eigenvalue weighted by Crippen LogP contribution is -3.13. The summed E-state index contributed by atoms with van der Waals surface area (Å²) in [6.45, 7) is 4.74. The molecule has 0 atom stereocenters. The number of carbonyl (C=O) groups is 1. The highest BCUT2D eigenvalue weighted by molar-refractivity contribution is 6.31. The minimum absolute atomic E-state index is 0.00541. The van der Waals surface area contributed by atoms with Gasteiger partial charge in [-0.05, 0) is 36.4 Å². The zero-order chi connectivity index (χ0) is 18.8. The maximum absolute atomic E-state index is 13.2. The third-order valence-electron chi connectivity index (χ3n) is 5.00. The lowest BCUT2D eigenvalue weighted by Gasteiger charge is -2.32. The van der Waals surface area contributed by atoms with Crippen LogP contribution in [0.1, 0.15) is 15.9 Å². The molecule has 1 amide bonds. The summed E-state index contributed by atoms with van der Waals surface area (Å²) in [5.74, 6) is 0.991. The molecule has 0 aliphatic carbocycles. The smallest absolute Gasteiger partial charge is 0.254 e. The predicted molar refractivity (Wildman–Crippen MR) is 99.1 cm³/mol. The Labute approximate surface area is 162 Å². The van der Waals surface area contributed by atoms with Crippen LogP contribution < -0.4 is 14.4 Å². The number of amides is 1. The van der Waals surface area contributed by atoms with Crippen LogP contribution in [0.4, 0.5) is 4.39 Å². The number of hydrogen-bond acceptors (Lipinski definition) is 3. The van der Waals surface area contributed by atoms with E-state index >= 15 is 0 Å². The summed E-state index contributed by atoms with van der Waals surface area (Å²) < 4.78 is 24.3. The van der Waals surface area contributed by atoms with Crippen molar-refractivity contribution in [2.75, 3.05) is 39.4 Å². The fourth-order valence-corrected chi connectivity index (χ4v) is 3.73. The maximum atomic E-state index is 13.2. The molecule has 0 bridgehead atoms. The van der Waals surface area contributed by atoms with Crippen molar-refractivity contribution >= 4 is 17.5 Å². The van der Waals surface area contributed by atoms with Gasteiger partial charge < -0.3 is 19.3 Å². The van der Waals surface area contributed by atoms with Crippen LogP contribution in [0, 0.1) is 5.82 Å². The van der Waals surface area contributed by atoms with Gasteiger partial charge in [0.1, 0.15) is 25.6 Å². The highest BCUT2D eigenvalue weighted by atomic mass is 35.5. The number of piperazine rings is 1. The third kappa shape index (κ3) is 4.01. The van der Waals surface area contributed by atoms with Crippen LogP contribution in [0.25, 0.3) is 0 Å². The van der Waals surface area contributed by atoms with Gasteiger partial charge in [-0.3, -0.25) is 4.79 Å². The number of hydrogen-bond donors (Lipinski definition) is 1. The van der Waals surface area contributed by atoms with Crippen molar-refractivity contribution in [3.05, 3.63) is 58.4 Å². The number of halogens is 2. The lowest BCUT2D eigenvalue weighted by molar-refractivity contribution is -0.917. The number of rotatable bonds is 3. The van der Waals surface area contributed by atoms with E-state index in [4.69, 9.17) is 21.1 Å². The Hall–Kier alpha value is -2.31. The van der Waals surface area contributed by atoms with Gasteiger partial charge in [-0.15, -0.1) is 0 Å². The molecule has 0 radical (unpaired) electrons. The normalized spacial score (nSPS) is 17.0. The monoisotopic (exact) mass is 391 g/mol. The molecule has 1 fully saturated rings. The molecule has 2 aromatic carbocycles. The molecule has 2 heterocycles. The van der Waals surface area contributed by atoms with E-state index < -0.39 is 0 Å². The van der Waals surface area contributed by atoms with E-state index in [1.165, 1.54) is 17.0 Å². The van der Waals surface area contributed by atoms with Crippen molar-refractivity contribution in [1.82, 2.24) is 4.90 Å². The highest BCUT2D eigenvalue weighted by Gasteiger charge is 2.26. The highest BCUT2D eigenvalue weighted by Crippen LogP contribution is 2.31. The average molecular weight is 392 g/mol. The van der Waals surface area contributed by atoms with Crippen LogP contribution >= 0.6 is 11.6 Å². The van der Waals surface area contributed by atoms with E-state index in [-0.39, 0.29) is 11.7 Å². The second kappa shape index (κ2) is 7.74.